The molecule has 0 aromatic carbocycles. The molecule has 0 unspecified atom stereocenters. The molecule has 4 nitrogen and oxygen atoms in total. The van der Waals surface area contributed by atoms with E-state index in [-0.39, 0.29) is 24.7 Å². The summed E-state index contributed by atoms with van der Waals surface area (Å²) in [5, 5.41) is 0. The highest BCUT2D eigenvalue weighted by atomic mass is 19.4. The van der Waals surface area contributed by atoms with Crippen LogP contribution in [-0.2, 0) is 4.79 Å². The fourth-order valence-electron chi connectivity index (χ4n) is 3.30. The lowest BCUT2D eigenvalue weighted by Crippen LogP contribution is -2.51. The van der Waals surface area contributed by atoms with Crippen LogP contribution in [0.15, 0.2) is 0 Å². The number of amides is 1. The minimum absolute atomic E-state index is 0.0445. The molecule has 0 bridgehead atoms. The zero-order valence-electron chi connectivity index (χ0n) is 12.2. The Bertz CT molecular complexity index is 346. The van der Waals surface area contributed by atoms with Gasteiger partial charge in [-0.3, -0.25) is 9.69 Å². The largest absolute Gasteiger partial charge is 0.391 e. The highest BCUT2D eigenvalue weighted by molar-refractivity contribution is 5.79. The van der Waals surface area contributed by atoms with Crippen LogP contribution in [0.4, 0.5) is 13.2 Å². The summed E-state index contributed by atoms with van der Waals surface area (Å²) in [5.74, 6) is -1.39. The first-order valence-electron chi connectivity index (χ1n) is 7.69. The van der Waals surface area contributed by atoms with Gasteiger partial charge >= 0.3 is 6.18 Å². The molecule has 1 amide bonds. The molecule has 2 rings (SSSR count). The minimum atomic E-state index is -4.11. The van der Waals surface area contributed by atoms with Gasteiger partial charge < -0.3 is 10.6 Å². The summed E-state index contributed by atoms with van der Waals surface area (Å²) in [6.07, 6.45) is -3.19. The second kappa shape index (κ2) is 6.96. The fraction of sp³-hybridized carbons (Fsp3) is 0.929. The van der Waals surface area contributed by atoms with E-state index >= 15 is 0 Å². The lowest BCUT2D eigenvalue weighted by Gasteiger charge is -2.38. The van der Waals surface area contributed by atoms with Crippen LogP contribution in [-0.4, -0.2) is 61.2 Å². The van der Waals surface area contributed by atoms with Crippen molar-refractivity contribution in [3.8, 4) is 0 Å². The Balaban J connectivity index is 1.78. The molecule has 0 aromatic rings. The van der Waals surface area contributed by atoms with Crippen molar-refractivity contribution in [2.45, 2.75) is 31.9 Å². The molecule has 0 atom stereocenters. The van der Waals surface area contributed by atoms with Gasteiger partial charge in [0, 0.05) is 45.2 Å². The van der Waals surface area contributed by atoms with Gasteiger partial charge in [0.2, 0.25) is 5.91 Å². The second-order valence-electron chi connectivity index (χ2n) is 6.05. The third-order valence-electron chi connectivity index (χ3n) is 4.67. The molecule has 2 fully saturated rings. The molecule has 1 aliphatic carbocycles. The summed E-state index contributed by atoms with van der Waals surface area (Å²) in [5.41, 5.74) is 5.50. The Kier molecular flexibility index (Phi) is 5.48. The molecule has 2 N–H and O–H groups in total. The third kappa shape index (κ3) is 4.32. The van der Waals surface area contributed by atoms with Crippen LogP contribution < -0.4 is 5.73 Å². The Morgan fingerprint density at radius 1 is 1.05 bits per heavy atom. The number of halogens is 3. The maximum absolute atomic E-state index is 12.6. The maximum atomic E-state index is 12.6. The number of nitrogens with two attached hydrogens (primary N) is 1. The number of carbonyl (C=O) groups is 1. The molecule has 7 heteroatoms. The number of nitrogens with zero attached hydrogens (tertiary/aromatic N) is 2. The summed E-state index contributed by atoms with van der Waals surface area (Å²) >= 11 is 0. The Morgan fingerprint density at radius 2 is 1.62 bits per heavy atom. The zero-order chi connectivity index (χ0) is 15.5. The number of carbonyl (C=O) groups excluding carboxylic acids is 1. The summed E-state index contributed by atoms with van der Waals surface area (Å²) in [4.78, 5) is 16.4. The molecular weight excluding hydrogens is 283 g/mol. The van der Waals surface area contributed by atoms with E-state index in [1.54, 1.807) is 0 Å². The number of rotatable bonds is 3. The monoisotopic (exact) mass is 307 g/mol. The van der Waals surface area contributed by atoms with Crippen LogP contribution >= 0.6 is 0 Å². The number of piperazine rings is 1. The SMILES string of the molecule is NCCN1CCN(C(=O)C2CCC(C(F)(F)F)CC2)CC1. The molecule has 0 radical (unpaired) electrons. The van der Waals surface area contributed by atoms with Crippen molar-refractivity contribution < 1.29 is 18.0 Å². The molecule has 21 heavy (non-hydrogen) atoms. The van der Waals surface area contributed by atoms with Gasteiger partial charge in [0.15, 0.2) is 0 Å². The minimum Gasteiger partial charge on any atom is -0.340 e. The van der Waals surface area contributed by atoms with E-state index in [1.165, 1.54) is 0 Å². The predicted molar refractivity (Wildman–Crippen MR) is 73.6 cm³/mol. The van der Waals surface area contributed by atoms with Gasteiger partial charge in [0.05, 0.1) is 5.92 Å². The van der Waals surface area contributed by atoms with Crippen LogP contribution in [0.1, 0.15) is 25.7 Å². The first kappa shape index (κ1) is 16.5. The van der Waals surface area contributed by atoms with Gasteiger partial charge in [0.25, 0.3) is 0 Å². The average Bonchev–Trinajstić information content (AvgIpc) is 2.47. The van der Waals surface area contributed by atoms with Crippen LogP contribution in [0.3, 0.4) is 0 Å². The number of hydrogen-bond acceptors (Lipinski definition) is 3. The Hall–Kier alpha value is -0.820. The fourth-order valence-corrected chi connectivity index (χ4v) is 3.30. The van der Waals surface area contributed by atoms with Crippen molar-refractivity contribution in [3.05, 3.63) is 0 Å². The maximum Gasteiger partial charge on any atom is 0.391 e. The highest BCUT2D eigenvalue weighted by Crippen LogP contribution is 2.39. The van der Waals surface area contributed by atoms with E-state index in [4.69, 9.17) is 5.73 Å². The van der Waals surface area contributed by atoms with Crippen molar-refractivity contribution in [2.75, 3.05) is 39.3 Å². The van der Waals surface area contributed by atoms with Crippen LogP contribution in [0, 0.1) is 11.8 Å². The quantitative estimate of drug-likeness (QED) is 0.859. The molecule has 1 heterocycles. The van der Waals surface area contributed by atoms with Crippen LogP contribution in [0.2, 0.25) is 0 Å². The molecule has 1 saturated heterocycles. The van der Waals surface area contributed by atoms with Gasteiger partial charge in [-0.15, -0.1) is 0 Å². The summed E-state index contributed by atoms with van der Waals surface area (Å²) in [7, 11) is 0. The van der Waals surface area contributed by atoms with E-state index < -0.39 is 12.1 Å². The molecule has 122 valence electrons. The van der Waals surface area contributed by atoms with Gasteiger partial charge in [-0.1, -0.05) is 0 Å². The summed E-state index contributed by atoms with van der Waals surface area (Å²) in [6.45, 7) is 4.38. The van der Waals surface area contributed by atoms with E-state index in [2.05, 4.69) is 4.90 Å². The lowest BCUT2D eigenvalue weighted by atomic mass is 9.81. The lowest BCUT2D eigenvalue weighted by molar-refractivity contribution is -0.185. The molecular formula is C14H24F3N3O. The van der Waals surface area contributed by atoms with Gasteiger partial charge in [-0.25, -0.2) is 0 Å². The normalized spacial score (nSPS) is 28.7. The van der Waals surface area contributed by atoms with Crippen molar-refractivity contribution in [1.29, 1.82) is 0 Å². The van der Waals surface area contributed by atoms with Crippen molar-refractivity contribution in [3.63, 3.8) is 0 Å². The first-order valence-corrected chi connectivity index (χ1v) is 7.69. The van der Waals surface area contributed by atoms with Gasteiger partial charge in [0.1, 0.15) is 0 Å². The van der Waals surface area contributed by atoms with E-state index in [9.17, 15) is 18.0 Å². The Labute approximate surface area is 123 Å². The smallest absolute Gasteiger partial charge is 0.340 e. The van der Waals surface area contributed by atoms with E-state index in [0.717, 1.165) is 19.6 Å². The molecule has 2 aliphatic rings. The second-order valence-corrected chi connectivity index (χ2v) is 6.05. The summed E-state index contributed by atoms with van der Waals surface area (Å²) in [6, 6.07) is 0. The van der Waals surface area contributed by atoms with Crippen LogP contribution in [0.25, 0.3) is 0 Å². The number of hydrogen-bond donors (Lipinski definition) is 1. The van der Waals surface area contributed by atoms with Gasteiger partial charge in [-0.05, 0) is 25.7 Å². The van der Waals surface area contributed by atoms with Gasteiger partial charge in [-0.2, -0.15) is 13.2 Å². The van der Waals surface area contributed by atoms with Crippen molar-refractivity contribution >= 4 is 5.91 Å². The Morgan fingerprint density at radius 3 is 2.10 bits per heavy atom. The molecule has 0 aromatic heterocycles. The summed E-state index contributed by atoms with van der Waals surface area (Å²) < 4.78 is 37.9. The highest BCUT2D eigenvalue weighted by Gasteiger charge is 2.43. The topological polar surface area (TPSA) is 49.6 Å². The van der Waals surface area contributed by atoms with Crippen LogP contribution in [0.5, 0.6) is 0 Å². The third-order valence-corrected chi connectivity index (χ3v) is 4.67. The molecule has 0 spiro atoms. The van der Waals surface area contributed by atoms with E-state index in [0.29, 0.717) is 32.5 Å². The average molecular weight is 307 g/mol. The van der Waals surface area contributed by atoms with Crippen molar-refractivity contribution in [2.24, 2.45) is 17.6 Å². The first-order chi connectivity index (χ1) is 9.91. The standard InChI is InChI=1S/C14H24F3N3O/c15-14(16,17)12-3-1-11(2-4-12)13(21)20-9-7-19(6-5-18)8-10-20/h11-12H,1-10,18H2. The molecule has 1 aliphatic heterocycles. The van der Waals surface area contributed by atoms with E-state index in [1.807, 2.05) is 4.90 Å². The number of alkyl halides is 3. The molecule has 1 saturated carbocycles. The predicted octanol–water partition coefficient (Wildman–Crippen LogP) is 1.46. The zero-order valence-corrected chi connectivity index (χ0v) is 12.2. The van der Waals surface area contributed by atoms with Crippen molar-refractivity contribution in [1.82, 2.24) is 9.80 Å².